The molecule has 0 amide bonds. The second kappa shape index (κ2) is 10.6. The van der Waals surface area contributed by atoms with Gasteiger partial charge in [-0.05, 0) is 58.7 Å². The Bertz CT molecular complexity index is 2140. The smallest absolute Gasteiger partial charge is 0.0715 e. The minimum atomic E-state index is 0.961. The lowest BCUT2D eigenvalue weighted by Gasteiger charge is -2.12. The van der Waals surface area contributed by atoms with Crippen LogP contribution < -0.4 is 0 Å². The third-order valence-corrected chi connectivity index (χ3v) is 8.22. The molecule has 0 bridgehead atoms. The number of aromatic nitrogens is 2. The van der Waals surface area contributed by atoms with E-state index in [-0.39, 0.29) is 0 Å². The molecule has 0 unspecified atom stereocenters. The normalized spacial score (nSPS) is 11.3. The van der Waals surface area contributed by atoms with Gasteiger partial charge in [-0.2, -0.15) is 0 Å². The molecule has 0 spiro atoms. The van der Waals surface area contributed by atoms with Gasteiger partial charge in [0.05, 0.1) is 22.4 Å². The molecule has 202 valence electrons. The van der Waals surface area contributed by atoms with Crippen molar-refractivity contribution in [2.24, 2.45) is 0 Å². The van der Waals surface area contributed by atoms with Gasteiger partial charge in [0.2, 0.25) is 0 Å². The fraction of sp³-hybridized carbons (Fsp3) is 0. The molecule has 0 N–H and O–H groups in total. The molecular weight excluding hydrogens is 520 g/mol. The molecule has 0 aliphatic carbocycles. The van der Waals surface area contributed by atoms with Crippen molar-refractivity contribution < 1.29 is 0 Å². The van der Waals surface area contributed by atoms with Gasteiger partial charge in [-0.15, -0.1) is 0 Å². The van der Waals surface area contributed by atoms with Gasteiger partial charge < -0.3 is 4.57 Å². The highest BCUT2D eigenvalue weighted by atomic mass is 15.0. The Morgan fingerprint density at radius 3 is 1.30 bits per heavy atom. The van der Waals surface area contributed by atoms with E-state index in [1.54, 1.807) is 0 Å². The highest BCUT2D eigenvalue weighted by Crippen LogP contribution is 2.34. The van der Waals surface area contributed by atoms with Crippen LogP contribution in [0.1, 0.15) is 0 Å². The molecule has 6 aromatic carbocycles. The molecule has 8 rings (SSSR count). The van der Waals surface area contributed by atoms with Crippen LogP contribution >= 0.6 is 0 Å². The van der Waals surface area contributed by atoms with Crippen LogP contribution in [0.4, 0.5) is 0 Å². The van der Waals surface area contributed by atoms with Crippen LogP contribution in [0, 0.1) is 0 Å². The Balaban J connectivity index is 1.22. The second-order valence-electron chi connectivity index (χ2n) is 10.9. The van der Waals surface area contributed by atoms with Crippen LogP contribution in [0.2, 0.25) is 0 Å². The van der Waals surface area contributed by atoms with Gasteiger partial charge in [0.15, 0.2) is 0 Å². The lowest BCUT2D eigenvalue weighted by atomic mass is 9.98. The van der Waals surface area contributed by atoms with Crippen LogP contribution in [0.15, 0.2) is 170 Å². The van der Waals surface area contributed by atoms with E-state index in [1.165, 1.54) is 32.9 Å². The first-order valence-corrected chi connectivity index (χ1v) is 14.6. The summed E-state index contributed by atoms with van der Waals surface area (Å²) in [4.78, 5) is 5.12. The van der Waals surface area contributed by atoms with Gasteiger partial charge >= 0.3 is 0 Å². The number of hydrogen-bond donors (Lipinski definition) is 0. The number of para-hydroxylation sites is 2. The van der Waals surface area contributed by atoms with E-state index in [2.05, 4.69) is 162 Å². The molecule has 0 fully saturated rings. The standard InChI is InChI=1S/C41H28N2/c1-3-11-29(12-4-1)30-19-21-33(22-20-30)39-28-34(27-38(42-39)32-13-5-2-6-14-32)31-23-25-35(26-24-31)43-40-17-9-7-15-36(40)37-16-8-10-18-41(37)43/h1-28H. The molecule has 0 aliphatic heterocycles. The van der Waals surface area contributed by atoms with E-state index in [0.717, 1.165) is 39.3 Å². The summed E-state index contributed by atoms with van der Waals surface area (Å²) in [7, 11) is 0. The first kappa shape index (κ1) is 25.0. The molecule has 8 aromatic rings. The lowest BCUT2D eigenvalue weighted by molar-refractivity contribution is 1.18. The molecule has 0 radical (unpaired) electrons. The third-order valence-electron chi connectivity index (χ3n) is 8.22. The molecule has 0 saturated heterocycles. The summed E-state index contributed by atoms with van der Waals surface area (Å²) in [6, 6.07) is 60.2. The topological polar surface area (TPSA) is 17.8 Å². The number of hydrogen-bond acceptors (Lipinski definition) is 1. The average Bonchev–Trinajstić information content (AvgIpc) is 3.43. The van der Waals surface area contributed by atoms with E-state index in [9.17, 15) is 0 Å². The van der Waals surface area contributed by atoms with Crippen LogP contribution in [-0.4, -0.2) is 9.55 Å². The molecule has 0 atom stereocenters. The van der Waals surface area contributed by atoms with Crippen LogP contribution in [0.25, 0.3) is 72.3 Å². The maximum absolute atomic E-state index is 5.12. The first-order chi connectivity index (χ1) is 21.3. The maximum Gasteiger partial charge on any atom is 0.0715 e. The van der Waals surface area contributed by atoms with Crippen molar-refractivity contribution >= 4 is 21.8 Å². The largest absolute Gasteiger partial charge is 0.309 e. The summed E-state index contributed by atoms with van der Waals surface area (Å²) in [6.45, 7) is 0. The van der Waals surface area contributed by atoms with Gasteiger partial charge in [-0.1, -0.05) is 133 Å². The second-order valence-corrected chi connectivity index (χ2v) is 10.9. The quantitative estimate of drug-likeness (QED) is 0.209. The zero-order chi connectivity index (χ0) is 28.6. The molecule has 2 nitrogen and oxygen atoms in total. The molecule has 0 saturated carbocycles. The van der Waals surface area contributed by atoms with Crippen molar-refractivity contribution in [3.63, 3.8) is 0 Å². The Morgan fingerprint density at radius 1 is 0.326 bits per heavy atom. The van der Waals surface area contributed by atoms with Crippen molar-refractivity contribution in [2.75, 3.05) is 0 Å². The summed E-state index contributed by atoms with van der Waals surface area (Å²) in [5.74, 6) is 0. The SMILES string of the molecule is c1ccc(-c2ccc(-c3cc(-c4ccc(-n5c6ccccc6c6ccccc65)cc4)cc(-c4ccccc4)n3)cc2)cc1. The van der Waals surface area contributed by atoms with Crippen molar-refractivity contribution in [2.45, 2.75) is 0 Å². The van der Waals surface area contributed by atoms with Crippen LogP contribution in [-0.2, 0) is 0 Å². The number of benzene rings is 6. The molecule has 0 aliphatic rings. The highest BCUT2D eigenvalue weighted by Gasteiger charge is 2.13. The molecular formula is C41H28N2. The highest BCUT2D eigenvalue weighted by molar-refractivity contribution is 6.09. The monoisotopic (exact) mass is 548 g/mol. The van der Waals surface area contributed by atoms with E-state index < -0.39 is 0 Å². The van der Waals surface area contributed by atoms with E-state index in [1.807, 2.05) is 12.1 Å². The van der Waals surface area contributed by atoms with E-state index in [4.69, 9.17) is 4.98 Å². The van der Waals surface area contributed by atoms with Crippen molar-refractivity contribution in [1.82, 2.24) is 9.55 Å². The van der Waals surface area contributed by atoms with Gasteiger partial charge in [0.1, 0.15) is 0 Å². The minimum Gasteiger partial charge on any atom is -0.309 e. The zero-order valence-corrected chi connectivity index (χ0v) is 23.6. The summed E-state index contributed by atoms with van der Waals surface area (Å²) in [5.41, 5.74) is 12.4. The Hall–Kier alpha value is -5.73. The lowest BCUT2D eigenvalue weighted by Crippen LogP contribution is -1.94. The average molecular weight is 549 g/mol. The van der Waals surface area contributed by atoms with Crippen molar-refractivity contribution in [3.8, 4) is 50.5 Å². The Morgan fingerprint density at radius 2 is 0.721 bits per heavy atom. The summed E-state index contributed by atoms with van der Waals surface area (Å²) >= 11 is 0. The van der Waals surface area contributed by atoms with E-state index in [0.29, 0.717) is 0 Å². The van der Waals surface area contributed by atoms with Gasteiger partial charge in [-0.25, -0.2) is 4.98 Å². The van der Waals surface area contributed by atoms with Crippen LogP contribution in [0.5, 0.6) is 0 Å². The molecule has 43 heavy (non-hydrogen) atoms. The van der Waals surface area contributed by atoms with Crippen LogP contribution in [0.3, 0.4) is 0 Å². The molecule has 2 heterocycles. The number of pyridine rings is 1. The fourth-order valence-electron chi connectivity index (χ4n) is 6.07. The Labute approximate surface area is 251 Å². The predicted molar refractivity (Wildman–Crippen MR) is 180 cm³/mol. The molecule has 2 aromatic heterocycles. The first-order valence-electron chi connectivity index (χ1n) is 14.6. The molecule has 2 heteroatoms. The van der Waals surface area contributed by atoms with Gasteiger partial charge in [0, 0.05) is 27.6 Å². The maximum atomic E-state index is 5.12. The fourth-order valence-corrected chi connectivity index (χ4v) is 6.07. The number of fused-ring (bicyclic) bond motifs is 3. The third kappa shape index (κ3) is 4.60. The minimum absolute atomic E-state index is 0.961. The number of nitrogens with zero attached hydrogens (tertiary/aromatic N) is 2. The van der Waals surface area contributed by atoms with Gasteiger partial charge in [-0.3, -0.25) is 0 Å². The predicted octanol–water partition coefficient (Wildman–Crippen LogP) is 10.8. The van der Waals surface area contributed by atoms with E-state index >= 15 is 0 Å². The zero-order valence-electron chi connectivity index (χ0n) is 23.6. The van der Waals surface area contributed by atoms with Crippen molar-refractivity contribution in [3.05, 3.63) is 170 Å². The Kier molecular flexibility index (Phi) is 6.16. The summed E-state index contributed by atoms with van der Waals surface area (Å²) in [6.07, 6.45) is 0. The van der Waals surface area contributed by atoms with Gasteiger partial charge in [0.25, 0.3) is 0 Å². The summed E-state index contributed by atoms with van der Waals surface area (Å²) in [5, 5.41) is 2.54. The summed E-state index contributed by atoms with van der Waals surface area (Å²) < 4.78 is 2.36. The number of rotatable bonds is 5. The van der Waals surface area contributed by atoms with Crippen molar-refractivity contribution in [1.29, 1.82) is 0 Å².